The monoisotopic (exact) mass is 199 g/mol. The van der Waals surface area contributed by atoms with E-state index >= 15 is 0 Å². The fourth-order valence-corrected chi connectivity index (χ4v) is 1.82. The molecule has 0 amide bonds. The van der Waals surface area contributed by atoms with E-state index in [1.54, 1.807) is 6.26 Å². The Morgan fingerprint density at radius 2 is 2.46 bits per heavy atom. The van der Waals surface area contributed by atoms with Crippen LogP contribution < -0.4 is 5.32 Å². The van der Waals surface area contributed by atoms with Crippen molar-refractivity contribution in [2.45, 2.75) is 18.9 Å². The first-order chi connectivity index (χ1) is 6.36. The Morgan fingerprint density at radius 1 is 1.62 bits per heavy atom. The van der Waals surface area contributed by atoms with Crippen molar-refractivity contribution < 1.29 is 4.42 Å². The zero-order valence-corrected chi connectivity index (χ0v) is 9.06. The summed E-state index contributed by atoms with van der Waals surface area (Å²) in [5.74, 6) is 1.21. The van der Waals surface area contributed by atoms with Crippen LogP contribution in [0.25, 0.3) is 0 Å². The van der Waals surface area contributed by atoms with Crippen LogP contribution in [0.2, 0.25) is 0 Å². The van der Waals surface area contributed by atoms with E-state index in [0.717, 1.165) is 6.42 Å². The molecule has 0 fully saturated rings. The molecule has 0 aliphatic heterocycles. The lowest BCUT2D eigenvalue weighted by atomic mass is 10.1. The summed E-state index contributed by atoms with van der Waals surface area (Å²) in [4.78, 5) is 0. The summed E-state index contributed by atoms with van der Waals surface area (Å²) in [6, 6.07) is 2.61. The highest BCUT2D eigenvalue weighted by molar-refractivity contribution is 7.98. The summed E-state index contributed by atoms with van der Waals surface area (Å²) in [6.45, 7) is 0. The van der Waals surface area contributed by atoms with E-state index in [1.165, 1.54) is 17.7 Å². The molecule has 0 saturated carbocycles. The zero-order valence-electron chi connectivity index (χ0n) is 8.25. The molecule has 1 aromatic heterocycles. The molecule has 1 aromatic rings. The van der Waals surface area contributed by atoms with Gasteiger partial charge in [0.1, 0.15) is 0 Å². The van der Waals surface area contributed by atoms with Crippen LogP contribution in [-0.2, 0) is 6.42 Å². The van der Waals surface area contributed by atoms with Gasteiger partial charge in [-0.3, -0.25) is 0 Å². The van der Waals surface area contributed by atoms with Crippen molar-refractivity contribution in [2.75, 3.05) is 19.1 Å². The predicted molar refractivity (Wildman–Crippen MR) is 58.3 cm³/mol. The molecule has 1 rings (SSSR count). The largest absolute Gasteiger partial charge is 0.472 e. The molecule has 0 aliphatic carbocycles. The average molecular weight is 199 g/mol. The van der Waals surface area contributed by atoms with Gasteiger partial charge in [0.15, 0.2) is 0 Å². The minimum Gasteiger partial charge on any atom is -0.472 e. The van der Waals surface area contributed by atoms with Gasteiger partial charge in [0.25, 0.3) is 0 Å². The molecule has 0 aliphatic rings. The summed E-state index contributed by atoms with van der Waals surface area (Å²) in [7, 11) is 2.02. The molecule has 1 N–H and O–H groups in total. The smallest absolute Gasteiger partial charge is 0.0935 e. The molecule has 1 unspecified atom stereocenters. The molecule has 0 saturated heterocycles. The lowest BCUT2D eigenvalue weighted by Crippen LogP contribution is -2.27. The fourth-order valence-electron chi connectivity index (χ4n) is 1.30. The topological polar surface area (TPSA) is 25.2 Å². The molecule has 1 heterocycles. The van der Waals surface area contributed by atoms with Crippen molar-refractivity contribution in [1.29, 1.82) is 0 Å². The first-order valence-electron chi connectivity index (χ1n) is 4.54. The number of hydrogen-bond acceptors (Lipinski definition) is 3. The Kier molecular flexibility index (Phi) is 5.01. The number of hydrogen-bond donors (Lipinski definition) is 1. The highest BCUT2D eigenvalue weighted by atomic mass is 32.2. The van der Waals surface area contributed by atoms with E-state index in [9.17, 15) is 0 Å². The van der Waals surface area contributed by atoms with Crippen LogP contribution in [0.4, 0.5) is 0 Å². The maximum atomic E-state index is 5.03. The molecule has 2 nitrogen and oxygen atoms in total. The van der Waals surface area contributed by atoms with Gasteiger partial charge in [0.2, 0.25) is 0 Å². The summed E-state index contributed by atoms with van der Waals surface area (Å²) in [5, 5.41) is 3.32. The summed E-state index contributed by atoms with van der Waals surface area (Å²) in [5.41, 5.74) is 1.28. The normalized spacial score (nSPS) is 13.1. The number of furan rings is 1. The Hall–Kier alpha value is -0.410. The summed E-state index contributed by atoms with van der Waals surface area (Å²) < 4.78 is 5.03. The fraction of sp³-hybridized carbons (Fsp3) is 0.600. The summed E-state index contributed by atoms with van der Waals surface area (Å²) in [6.07, 6.45) is 7.97. The van der Waals surface area contributed by atoms with Gasteiger partial charge in [-0.05, 0) is 43.5 Å². The minimum atomic E-state index is 0.574. The second kappa shape index (κ2) is 6.11. The van der Waals surface area contributed by atoms with Crippen LogP contribution in [-0.4, -0.2) is 25.1 Å². The quantitative estimate of drug-likeness (QED) is 0.760. The van der Waals surface area contributed by atoms with Crippen LogP contribution in [0.3, 0.4) is 0 Å². The Balaban J connectivity index is 2.31. The van der Waals surface area contributed by atoms with E-state index in [2.05, 4.69) is 11.6 Å². The van der Waals surface area contributed by atoms with Crippen LogP contribution in [0.1, 0.15) is 12.0 Å². The van der Waals surface area contributed by atoms with Crippen LogP contribution in [0, 0.1) is 0 Å². The molecular formula is C10H17NOS. The van der Waals surface area contributed by atoms with E-state index in [0.29, 0.717) is 6.04 Å². The third-order valence-corrected chi connectivity index (χ3v) is 2.78. The second-order valence-electron chi connectivity index (χ2n) is 3.10. The van der Waals surface area contributed by atoms with Crippen molar-refractivity contribution in [1.82, 2.24) is 5.32 Å². The van der Waals surface area contributed by atoms with Gasteiger partial charge in [0, 0.05) is 6.04 Å². The zero-order chi connectivity index (χ0) is 9.52. The van der Waals surface area contributed by atoms with Gasteiger partial charge in [-0.15, -0.1) is 0 Å². The first kappa shape index (κ1) is 10.7. The lowest BCUT2D eigenvalue weighted by Gasteiger charge is -2.13. The van der Waals surface area contributed by atoms with Crippen LogP contribution >= 0.6 is 11.8 Å². The molecule has 74 valence electrons. The molecule has 3 heteroatoms. The Labute approximate surface area is 84.1 Å². The van der Waals surface area contributed by atoms with Gasteiger partial charge in [-0.1, -0.05) is 0 Å². The van der Waals surface area contributed by atoms with Crippen molar-refractivity contribution in [3.8, 4) is 0 Å². The van der Waals surface area contributed by atoms with Gasteiger partial charge < -0.3 is 9.73 Å². The second-order valence-corrected chi connectivity index (χ2v) is 4.09. The standard InChI is InChI=1S/C10H17NOS/c1-11-10(4-6-13-2)7-9-3-5-12-8-9/h3,5,8,10-11H,4,6-7H2,1-2H3. The third-order valence-electron chi connectivity index (χ3n) is 2.14. The Morgan fingerprint density at radius 3 is 3.00 bits per heavy atom. The molecule has 1 atom stereocenters. The van der Waals surface area contributed by atoms with Crippen LogP contribution in [0.15, 0.2) is 23.0 Å². The van der Waals surface area contributed by atoms with Crippen molar-refractivity contribution in [3.05, 3.63) is 24.2 Å². The number of likely N-dealkylation sites (N-methyl/N-ethyl adjacent to an activating group) is 1. The van der Waals surface area contributed by atoms with Crippen molar-refractivity contribution in [2.24, 2.45) is 0 Å². The minimum absolute atomic E-state index is 0.574. The van der Waals surface area contributed by atoms with Gasteiger partial charge in [-0.25, -0.2) is 0 Å². The lowest BCUT2D eigenvalue weighted by molar-refractivity contribution is 0.533. The molecule has 0 spiro atoms. The van der Waals surface area contributed by atoms with Crippen LogP contribution in [0.5, 0.6) is 0 Å². The number of nitrogens with one attached hydrogen (secondary N) is 1. The highest BCUT2D eigenvalue weighted by Gasteiger charge is 2.06. The van der Waals surface area contributed by atoms with Crippen molar-refractivity contribution >= 4 is 11.8 Å². The summed E-state index contributed by atoms with van der Waals surface area (Å²) >= 11 is 1.89. The number of rotatable bonds is 6. The molecular weight excluding hydrogens is 182 g/mol. The van der Waals surface area contributed by atoms with E-state index < -0.39 is 0 Å². The molecule has 0 bridgehead atoms. The average Bonchev–Trinajstić information content (AvgIpc) is 2.64. The van der Waals surface area contributed by atoms with Gasteiger partial charge in [-0.2, -0.15) is 11.8 Å². The van der Waals surface area contributed by atoms with Gasteiger partial charge in [0.05, 0.1) is 12.5 Å². The molecule has 0 radical (unpaired) electrons. The molecule has 0 aromatic carbocycles. The van der Waals surface area contributed by atoms with Crippen molar-refractivity contribution in [3.63, 3.8) is 0 Å². The SMILES string of the molecule is CNC(CCSC)Cc1ccoc1. The maximum Gasteiger partial charge on any atom is 0.0935 e. The van der Waals surface area contributed by atoms with E-state index in [1.807, 2.05) is 31.1 Å². The van der Waals surface area contributed by atoms with E-state index in [4.69, 9.17) is 4.42 Å². The molecule has 13 heavy (non-hydrogen) atoms. The number of thioether (sulfide) groups is 1. The predicted octanol–water partition coefficient (Wildman–Crippen LogP) is 2.16. The Bertz CT molecular complexity index is 211. The highest BCUT2D eigenvalue weighted by Crippen LogP contribution is 2.08. The third kappa shape index (κ3) is 3.87. The van der Waals surface area contributed by atoms with Gasteiger partial charge >= 0.3 is 0 Å². The van der Waals surface area contributed by atoms with E-state index in [-0.39, 0.29) is 0 Å². The first-order valence-corrected chi connectivity index (χ1v) is 5.93. The maximum absolute atomic E-state index is 5.03.